The average Bonchev–Trinajstić information content (AvgIpc) is 3.09. The van der Waals surface area contributed by atoms with Crippen molar-refractivity contribution < 1.29 is 19.5 Å². The van der Waals surface area contributed by atoms with Gasteiger partial charge in [0.1, 0.15) is 12.1 Å². The van der Waals surface area contributed by atoms with E-state index >= 15 is 0 Å². The molecule has 2 saturated heterocycles. The summed E-state index contributed by atoms with van der Waals surface area (Å²) in [5.74, 6) is -0.617. The first-order valence-electron chi connectivity index (χ1n) is 8.84. The van der Waals surface area contributed by atoms with Crippen LogP contribution in [0, 0.1) is 0 Å². The van der Waals surface area contributed by atoms with E-state index in [1.807, 2.05) is 42.5 Å². The van der Waals surface area contributed by atoms with Crippen LogP contribution in [0.5, 0.6) is 0 Å². The van der Waals surface area contributed by atoms with Crippen LogP contribution in [0.25, 0.3) is 10.8 Å². The minimum atomic E-state index is -0.906. The van der Waals surface area contributed by atoms with Gasteiger partial charge in [-0.2, -0.15) is 0 Å². The third kappa shape index (κ3) is 3.19. The van der Waals surface area contributed by atoms with E-state index in [2.05, 4.69) is 16.0 Å². The lowest BCUT2D eigenvalue weighted by atomic mass is 10.1. The van der Waals surface area contributed by atoms with Crippen LogP contribution in [0.2, 0.25) is 0 Å². The van der Waals surface area contributed by atoms with Gasteiger partial charge in [-0.05, 0) is 17.9 Å². The Balaban J connectivity index is 1.43. The molecule has 0 saturated carbocycles. The van der Waals surface area contributed by atoms with Crippen LogP contribution < -0.4 is 16.0 Å². The van der Waals surface area contributed by atoms with E-state index in [1.54, 1.807) is 0 Å². The molecule has 0 aromatic heterocycles. The number of carbonyl (C=O) groups excluding carboxylic acids is 3. The number of nitrogens with one attached hydrogen (secondary N) is 3. The molecule has 0 spiro atoms. The van der Waals surface area contributed by atoms with Crippen molar-refractivity contribution in [3.05, 3.63) is 42.5 Å². The van der Waals surface area contributed by atoms with Crippen LogP contribution in [-0.2, 0) is 9.59 Å². The Morgan fingerprint density at radius 2 is 1.96 bits per heavy atom. The van der Waals surface area contributed by atoms with Crippen molar-refractivity contribution in [2.24, 2.45) is 0 Å². The number of urea groups is 1. The molecule has 2 aromatic rings. The Morgan fingerprint density at radius 3 is 2.78 bits per heavy atom. The number of rotatable bonds is 3. The minimum absolute atomic E-state index is 0.246. The average molecular weight is 368 g/mol. The lowest BCUT2D eigenvalue weighted by Crippen LogP contribution is -2.62. The number of hydrogen-bond donors (Lipinski definition) is 4. The fourth-order valence-corrected chi connectivity index (χ4v) is 3.76. The topological polar surface area (TPSA) is 111 Å². The monoisotopic (exact) mass is 368 g/mol. The quantitative estimate of drug-likeness (QED) is 0.629. The molecule has 2 aromatic carbocycles. The molecule has 27 heavy (non-hydrogen) atoms. The van der Waals surface area contributed by atoms with Gasteiger partial charge in [-0.25, -0.2) is 4.79 Å². The Labute approximate surface area is 155 Å². The molecule has 3 atom stereocenters. The highest BCUT2D eigenvalue weighted by molar-refractivity contribution is 6.02. The zero-order chi connectivity index (χ0) is 19.0. The molecule has 4 N–H and O–H groups in total. The van der Waals surface area contributed by atoms with Crippen LogP contribution in [0.1, 0.15) is 6.42 Å². The summed E-state index contributed by atoms with van der Waals surface area (Å²) in [4.78, 5) is 38.3. The first-order chi connectivity index (χ1) is 13.1. The molecule has 2 heterocycles. The fraction of sp³-hybridized carbons (Fsp3) is 0.316. The largest absolute Gasteiger partial charge is 0.394 e. The normalized spacial score (nSPS) is 24.5. The van der Waals surface area contributed by atoms with Gasteiger partial charge in [0.2, 0.25) is 11.8 Å². The highest BCUT2D eigenvalue weighted by Gasteiger charge is 2.46. The third-order valence-corrected chi connectivity index (χ3v) is 5.06. The summed E-state index contributed by atoms with van der Waals surface area (Å²) in [5.41, 5.74) is 0.690. The summed E-state index contributed by atoms with van der Waals surface area (Å²) in [6.45, 7) is -0.191. The van der Waals surface area contributed by atoms with Crippen molar-refractivity contribution in [2.75, 3.05) is 18.5 Å². The molecule has 140 valence electrons. The lowest BCUT2D eigenvalue weighted by Gasteiger charge is -2.33. The number of anilines is 1. The number of aliphatic hydroxyl groups is 1. The SMILES string of the molecule is O=C(Nc1cccc2ccccc12)N[C@H]1C[C@H]2C(=O)N[C@@H](CO)C(=O)N2C1. The van der Waals surface area contributed by atoms with E-state index in [1.165, 1.54) is 4.90 Å². The van der Waals surface area contributed by atoms with Crippen molar-refractivity contribution in [3.8, 4) is 0 Å². The van der Waals surface area contributed by atoms with Gasteiger partial charge >= 0.3 is 6.03 Å². The maximum Gasteiger partial charge on any atom is 0.319 e. The number of nitrogens with zero attached hydrogens (tertiary/aromatic N) is 1. The molecule has 2 aliphatic rings. The summed E-state index contributed by atoms with van der Waals surface area (Å²) >= 11 is 0. The van der Waals surface area contributed by atoms with Gasteiger partial charge in [-0.1, -0.05) is 36.4 Å². The number of hydrogen-bond acceptors (Lipinski definition) is 4. The van der Waals surface area contributed by atoms with E-state index in [4.69, 9.17) is 0 Å². The van der Waals surface area contributed by atoms with E-state index in [0.717, 1.165) is 10.8 Å². The molecular formula is C19H20N4O4. The molecule has 0 bridgehead atoms. The number of carbonyl (C=O) groups is 3. The van der Waals surface area contributed by atoms with E-state index in [-0.39, 0.29) is 30.4 Å². The third-order valence-electron chi connectivity index (χ3n) is 5.06. The van der Waals surface area contributed by atoms with E-state index < -0.39 is 18.7 Å². The Bertz CT molecular complexity index is 910. The Hall–Kier alpha value is -3.13. The molecule has 0 radical (unpaired) electrons. The van der Waals surface area contributed by atoms with Crippen molar-refractivity contribution in [3.63, 3.8) is 0 Å². The molecule has 0 aliphatic carbocycles. The first kappa shape index (κ1) is 17.3. The maximum absolute atomic E-state index is 12.4. The standard InChI is InChI=1S/C19H20N4O4/c24-10-15-18(26)23-9-12(8-16(23)17(25)21-15)20-19(27)22-14-7-3-5-11-4-1-2-6-13(11)14/h1-7,12,15-16,24H,8-10H2,(H,21,25)(H2,20,22,27)/t12-,15-,16-/m0/s1. The number of fused-ring (bicyclic) bond motifs is 2. The van der Waals surface area contributed by atoms with Gasteiger partial charge in [-0.15, -0.1) is 0 Å². The fourth-order valence-electron chi connectivity index (χ4n) is 3.76. The molecule has 4 rings (SSSR count). The molecule has 8 nitrogen and oxygen atoms in total. The molecule has 0 unspecified atom stereocenters. The zero-order valence-electron chi connectivity index (χ0n) is 14.5. The second-order valence-electron chi connectivity index (χ2n) is 6.81. The number of piperazine rings is 1. The molecule has 4 amide bonds. The summed E-state index contributed by atoms with van der Waals surface area (Å²) in [6.07, 6.45) is 0.346. The van der Waals surface area contributed by atoms with Crippen LogP contribution >= 0.6 is 0 Å². The second-order valence-corrected chi connectivity index (χ2v) is 6.81. The predicted octanol–water partition coefficient (Wildman–Crippen LogP) is 0.421. The number of amides is 4. The first-order valence-corrected chi connectivity index (χ1v) is 8.84. The van der Waals surface area contributed by atoms with Crippen LogP contribution in [-0.4, -0.2) is 59.1 Å². The van der Waals surface area contributed by atoms with Gasteiger partial charge in [0.25, 0.3) is 0 Å². The summed E-state index contributed by atoms with van der Waals surface area (Å²) < 4.78 is 0. The second kappa shape index (κ2) is 6.88. The Morgan fingerprint density at radius 1 is 1.19 bits per heavy atom. The molecule has 2 aliphatic heterocycles. The van der Waals surface area contributed by atoms with Gasteiger partial charge < -0.3 is 26.0 Å². The molecule has 2 fully saturated rings. The number of benzene rings is 2. The van der Waals surface area contributed by atoms with E-state index in [0.29, 0.717) is 12.1 Å². The molecule has 8 heteroatoms. The van der Waals surface area contributed by atoms with Gasteiger partial charge in [0, 0.05) is 11.9 Å². The van der Waals surface area contributed by atoms with Crippen LogP contribution in [0.15, 0.2) is 42.5 Å². The number of aliphatic hydroxyl groups excluding tert-OH is 1. The van der Waals surface area contributed by atoms with Crippen molar-refractivity contribution in [2.45, 2.75) is 24.5 Å². The highest BCUT2D eigenvalue weighted by Crippen LogP contribution is 2.24. The zero-order valence-corrected chi connectivity index (χ0v) is 14.5. The van der Waals surface area contributed by atoms with Gasteiger partial charge in [-0.3, -0.25) is 9.59 Å². The highest BCUT2D eigenvalue weighted by atomic mass is 16.3. The van der Waals surface area contributed by atoms with E-state index in [9.17, 15) is 19.5 Å². The van der Waals surface area contributed by atoms with Crippen molar-refractivity contribution in [1.82, 2.24) is 15.5 Å². The lowest BCUT2D eigenvalue weighted by molar-refractivity contribution is -0.148. The minimum Gasteiger partial charge on any atom is -0.394 e. The summed E-state index contributed by atoms with van der Waals surface area (Å²) in [5, 5.41) is 19.4. The smallest absolute Gasteiger partial charge is 0.319 e. The summed E-state index contributed by atoms with van der Waals surface area (Å²) in [6, 6.07) is 11.2. The van der Waals surface area contributed by atoms with Crippen molar-refractivity contribution >= 4 is 34.3 Å². The van der Waals surface area contributed by atoms with Crippen LogP contribution in [0.4, 0.5) is 10.5 Å². The van der Waals surface area contributed by atoms with Gasteiger partial charge in [0.05, 0.1) is 18.3 Å². The maximum atomic E-state index is 12.4. The Kier molecular flexibility index (Phi) is 4.41. The van der Waals surface area contributed by atoms with Gasteiger partial charge in [0.15, 0.2) is 0 Å². The molecular weight excluding hydrogens is 348 g/mol. The van der Waals surface area contributed by atoms with Crippen LogP contribution in [0.3, 0.4) is 0 Å². The van der Waals surface area contributed by atoms with Crippen molar-refractivity contribution in [1.29, 1.82) is 0 Å². The summed E-state index contributed by atoms with van der Waals surface area (Å²) in [7, 11) is 0. The predicted molar refractivity (Wildman–Crippen MR) is 99.0 cm³/mol.